The van der Waals surface area contributed by atoms with Crippen LogP contribution >= 0.6 is 0 Å². The van der Waals surface area contributed by atoms with E-state index in [-0.39, 0.29) is 5.91 Å². The number of para-hydroxylation sites is 1. The molecular weight excluding hydrogens is 436 g/mol. The summed E-state index contributed by atoms with van der Waals surface area (Å²) in [5.74, 6) is 2.70. The van der Waals surface area contributed by atoms with Crippen molar-refractivity contribution in [2.24, 2.45) is 0 Å². The molecule has 4 aromatic rings. The lowest BCUT2D eigenvalue weighted by molar-refractivity contribution is 0.0963. The summed E-state index contributed by atoms with van der Waals surface area (Å²) < 4.78 is 11.2. The van der Waals surface area contributed by atoms with E-state index in [9.17, 15) is 4.79 Å². The van der Waals surface area contributed by atoms with Gasteiger partial charge in [0.2, 0.25) is 5.89 Å². The molecule has 34 heavy (non-hydrogen) atoms. The van der Waals surface area contributed by atoms with Crippen LogP contribution in [-0.2, 0) is 0 Å². The van der Waals surface area contributed by atoms with Gasteiger partial charge in [0.1, 0.15) is 17.5 Å². The number of nitrogens with one attached hydrogen (secondary N) is 3. The summed E-state index contributed by atoms with van der Waals surface area (Å²) in [4.78, 5) is 25.6. The molecule has 0 bridgehead atoms. The molecule has 0 fully saturated rings. The van der Waals surface area contributed by atoms with Crippen molar-refractivity contribution < 1.29 is 13.9 Å². The fraction of sp³-hybridized carbons (Fsp3) is 0.217. The van der Waals surface area contributed by atoms with Gasteiger partial charge in [-0.3, -0.25) is 4.79 Å². The van der Waals surface area contributed by atoms with Gasteiger partial charge in [-0.1, -0.05) is 6.07 Å². The molecule has 0 spiro atoms. The third-order valence-corrected chi connectivity index (χ3v) is 4.84. The van der Waals surface area contributed by atoms with E-state index in [1.54, 1.807) is 27.1 Å². The van der Waals surface area contributed by atoms with Crippen LogP contribution in [0.3, 0.4) is 0 Å². The lowest BCUT2D eigenvalue weighted by Gasteiger charge is -2.17. The molecular formula is C23H24N8O3. The zero-order valence-electron chi connectivity index (χ0n) is 19.4. The van der Waals surface area contributed by atoms with Crippen molar-refractivity contribution in [1.29, 1.82) is 0 Å². The number of benzene rings is 1. The minimum absolute atomic E-state index is 0.294. The van der Waals surface area contributed by atoms with Crippen molar-refractivity contribution >= 4 is 28.9 Å². The van der Waals surface area contributed by atoms with Crippen LogP contribution in [0, 0.1) is 20.8 Å². The molecule has 0 aliphatic heterocycles. The highest BCUT2D eigenvalue weighted by Gasteiger charge is 2.19. The second-order valence-electron chi connectivity index (χ2n) is 7.40. The van der Waals surface area contributed by atoms with E-state index in [4.69, 9.17) is 9.15 Å². The van der Waals surface area contributed by atoms with Gasteiger partial charge in [0.05, 0.1) is 29.6 Å². The van der Waals surface area contributed by atoms with Crippen molar-refractivity contribution in [1.82, 2.24) is 30.5 Å². The topological polar surface area (TPSA) is 140 Å². The van der Waals surface area contributed by atoms with Crippen LogP contribution in [-0.4, -0.2) is 45.2 Å². The Kier molecular flexibility index (Phi) is 6.35. The molecule has 0 aliphatic rings. The number of methoxy groups -OCH3 is 1. The van der Waals surface area contributed by atoms with Gasteiger partial charge < -0.3 is 25.1 Å². The van der Waals surface area contributed by atoms with Crippen LogP contribution in [0.4, 0.5) is 23.0 Å². The fourth-order valence-corrected chi connectivity index (χ4v) is 3.43. The number of ether oxygens (including phenoxy) is 1. The van der Waals surface area contributed by atoms with Crippen molar-refractivity contribution in [2.75, 3.05) is 24.8 Å². The monoisotopic (exact) mass is 460 g/mol. The molecule has 174 valence electrons. The SMILES string of the molecule is CNC(=O)c1cnc(Nc2cc(C)nc(C)n2)cc1Nc1cccc(-c2nnc(C)o2)c1OC. The first kappa shape index (κ1) is 22.6. The summed E-state index contributed by atoms with van der Waals surface area (Å²) in [5.41, 5.74) is 2.91. The van der Waals surface area contributed by atoms with Crippen LogP contribution in [0.5, 0.6) is 5.75 Å². The quantitative estimate of drug-likeness (QED) is 0.374. The van der Waals surface area contributed by atoms with Crippen molar-refractivity contribution in [3.63, 3.8) is 0 Å². The van der Waals surface area contributed by atoms with Crippen LogP contribution in [0.15, 0.2) is 40.9 Å². The molecule has 0 atom stereocenters. The van der Waals surface area contributed by atoms with Gasteiger partial charge >= 0.3 is 0 Å². The number of hydrogen-bond acceptors (Lipinski definition) is 10. The molecule has 0 saturated heterocycles. The maximum atomic E-state index is 12.5. The van der Waals surface area contributed by atoms with E-state index < -0.39 is 0 Å². The number of carbonyl (C=O) groups excluding carboxylic acids is 1. The molecule has 0 unspecified atom stereocenters. The maximum Gasteiger partial charge on any atom is 0.254 e. The summed E-state index contributed by atoms with van der Waals surface area (Å²) in [5, 5.41) is 17.1. The number of pyridine rings is 1. The van der Waals surface area contributed by atoms with Crippen molar-refractivity contribution in [3.8, 4) is 17.2 Å². The minimum Gasteiger partial charge on any atom is -0.494 e. The third-order valence-electron chi connectivity index (χ3n) is 4.84. The molecule has 11 nitrogen and oxygen atoms in total. The highest BCUT2D eigenvalue weighted by atomic mass is 16.5. The van der Waals surface area contributed by atoms with Gasteiger partial charge in [0.25, 0.3) is 11.8 Å². The van der Waals surface area contributed by atoms with Gasteiger partial charge in [-0.25, -0.2) is 15.0 Å². The molecule has 0 aliphatic carbocycles. The van der Waals surface area contributed by atoms with Gasteiger partial charge in [-0.15, -0.1) is 10.2 Å². The molecule has 0 saturated carbocycles. The second kappa shape index (κ2) is 9.53. The fourth-order valence-electron chi connectivity index (χ4n) is 3.43. The summed E-state index contributed by atoms with van der Waals surface area (Å²) in [6.45, 7) is 5.42. The van der Waals surface area contributed by atoms with Crippen molar-refractivity contribution in [3.05, 3.63) is 59.5 Å². The molecule has 3 aromatic heterocycles. The van der Waals surface area contributed by atoms with Crippen LogP contribution in [0.25, 0.3) is 11.5 Å². The number of hydrogen-bond donors (Lipinski definition) is 3. The predicted molar refractivity (Wildman–Crippen MR) is 127 cm³/mol. The molecule has 11 heteroatoms. The lowest BCUT2D eigenvalue weighted by atomic mass is 10.1. The highest BCUT2D eigenvalue weighted by molar-refractivity contribution is 6.00. The van der Waals surface area contributed by atoms with E-state index in [2.05, 4.69) is 41.1 Å². The number of aryl methyl sites for hydroxylation is 3. The van der Waals surface area contributed by atoms with Gasteiger partial charge in [0.15, 0.2) is 5.75 Å². The molecule has 1 amide bonds. The van der Waals surface area contributed by atoms with E-state index in [1.165, 1.54) is 6.20 Å². The Hall–Kier alpha value is -4.54. The number of aromatic nitrogens is 5. The van der Waals surface area contributed by atoms with Gasteiger partial charge in [-0.2, -0.15) is 0 Å². The average molecular weight is 460 g/mol. The van der Waals surface area contributed by atoms with Crippen LogP contribution in [0.1, 0.15) is 27.8 Å². The number of carbonyl (C=O) groups is 1. The third kappa shape index (κ3) is 4.77. The van der Waals surface area contributed by atoms with Crippen LogP contribution in [0.2, 0.25) is 0 Å². The Balaban J connectivity index is 1.74. The number of rotatable bonds is 7. The summed E-state index contributed by atoms with van der Waals surface area (Å²) >= 11 is 0. The Morgan fingerprint density at radius 2 is 1.82 bits per heavy atom. The standard InChI is InChI=1S/C23H24N8O3/c1-12-9-20(27-13(2)26-12)29-19-10-18(16(11-25-19)22(32)24-4)28-17-8-6-7-15(21(17)33-5)23-31-30-14(3)34-23/h6-11H,1-5H3,(H,24,32)(H2,25,26,27,28,29). The van der Waals surface area contributed by atoms with Gasteiger partial charge in [-0.05, 0) is 26.0 Å². The van der Waals surface area contributed by atoms with Gasteiger partial charge in [0, 0.05) is 38.0 Å². The van der Waals surface area contributed by atoms with E-state index in [0.29, 0.717) is 57.5 Å². The van der Waals surface area contributed by atoms with Crippen LogP contribution < -0.4 is 20.7 Å². The normalized spacial score (nSPS) is 10.6. The largest absolute Gasteiger partial charge is 0.494 e. The average Bonchev–Trinajstić information content (AvgIpc) is 3.24. The first-order valence-electron chi connectivity index (χ1n) is 10.4. The second-order valence-corrected chi connectivity index (χ2v) is 7.40. The Morgan fingerprint density at radius 1 is 1.00 bits per heavy atom. The zero-order valence-corrected chi connectivity index (χ0v) is 19.4. The summed E-state index contributed by atoms with van der Waals surface area (Å²) in [7, 11) is 3.11. The highest BCUT2D eigenvalue weighted by Crippen LogP contribution is 2.38. The van der Waals surface area contributed by atoms with E-state index >= 15 is 0 Å². The summed E-state index contributed by atoms with van der Waals surface area (Å²) in [6.07, 6.45) is 1.49. The number of anilines is 4. The first-order valence-corrected chi connectivity index (χ1v) is 10.4. The molecule has 1 aromatic carbocycles. The lowest BCUT2D eigenvalue weighted by Crippen LogP contribution is -2.19. The Labute approximate surface area is 196 Å². The number of nitrogens with zero attached hydrogens (tertiary/aromatic N) is 5. The zero-order chi connectivity index (χ0) is 24.2. The van der Waals surface area contributed by atoms with E-state index in [1.807, 2.05) is 38.1 Å². The van der Waals surface area contributed by atoms with E-state index in [0.717, 1.165) is 5.69 Å². The minimum atomic E-state index is -0.294. The Bertz CT molecular complexity index is 1330. The Morgan fingerprint density at radius 3 is 2.50 bits per heavy atom. The molecule has 3 heterocycles. The maximum absolute atomic E-state index is 12.5. The first-order chi connectivity index (χ1) is 16.4. The molecule has 4 rings (SSSR count). The smallest absolute Gasteiger partial charge is 0.254 e. The molecule has 0 radical (unpaired) electrons. The number of amides is 1. The van der Waals surface area contributed by atoms with Crippen molar-refractivity contribution in [2.45, 2.75) is 20.8 Å². The predicted octanol–water partition coefficient (Wildman–Crippen LogP) is 3.70. The molecule has 3 N–H and O–H groups in total. The summed E-state index contributed by atoms with van der Waals surface area (Å²) in [6, 6.07) is 9.00.